The highest BCUT2D eigenvalue weighted by atomic mass is 16.6. The van der Waals surface area contributed by atoms with Crippen molar-refractivity contribution in [2.75, 3.05) is 18.6 Å². The minimum absolute atomic E-state index is 0.177. The molecule has 1 aromatic carbocycles. The summed E-state index contributed by atoms with van der Waals surface area (Å²) in [5, 5.41) is 20.4. The van der Waals surface area contributed by atoms with Crippen LogP contribution in [0, 0.1) is 10.1 Å². The lowest BCUT2D eigenvalue weighted by atomic mass is 10.2. The van der Waals surface area contributed by atoms with Gasteiger partial charge in [0.1, 0.15) is 17.5 Å². The van der Waals surface area contributed by atoms with Gasteiger partial charge in [-0.3, -0.25) is 10.1 Å². The maximum absolute atomic E-state index is 11.7. The number of nitro groups is 1. The van der Waals surface area contributed by atoms with Crippen molar-refractivity contribution < 1.29 is 19.6 Å². The van der Waals surface area contributed by atoms with Gasteiger partial charge in [-0.15, -0.1) is 0 Å². The fraction of sp³-hybridized carbons (Fsp3) is 0.417. The zero-order valence-corrected chi connectivity index (χ0v) is 10.4. The Labute approximate surface area is 109 Å². The van der Waals surface area contributed by atoms with Crippen molar-refractivity contribution in [3.05, 3.63) is 28.3 Å². The number of rotatable bonds is 3. The summed E-state index contributed by atoms with van der Waals surface area (Å²) in [5.74, 6) is -0.580. The Morgan fingerprint density at radius 3 is 2.95 bits per heavy atom. The van der Waals surface area contributed by atoms with Crippen molar-refractivity contribution in [3.63, 3.8) is 0 Å². The van der Waals surface area contributed by atoms with Crippen LogP contribution in [0.3, 0.4) is 0 Å². The summed E-state index contributed by atoms with van der Waals surface area (Å²) in [6.45, 7) is 0.547. The van der Waals surface area contributed by atoms with Gasteiger partial charge in [0.05, 0.1) is 18.1 Å². The Kier molecular flexibility index (Phi) is 3.55. The van der Waals surface area contributed by atoms with Crippen molar-refractivity contribution in [3.8, 4) is 5.75 Å². The normalized spacial score (nSPS) is 18.4. The number of nitro benzene ring substituents is 1. The van der Waals surface area contributed by atoms with Crippen LogP contribution in [0.1, 0.15) is 12.8 Å². The Morgan fingerprint density at radius 2 is 2.32 bits per heavy atom. The fourth-order valence-electron chi connectivity index (χ4n) is 2.34. The van der Waals surface area contributed by atoms with Crippen molar-refractivity contribution >= 4 is 17.3 Å². The molecule has 0 radical (unpaired) electrons. The van der Waals surface area contributed by atoms with Crippen LogP contribution in [0.4, 0.5) is 11.4 Å². The standard InChI is InChI=1S/C12H14N2O5/c1-19-12(16)10-3-2-6-13(10)9-5-4-8(15)7-11(9)14(17)18/h4-5,7,10,15H,2-3,6H2,1H3. The fourth-order valence-corrected chi connectivity index (χ4v) is 2.34. The number of carbonyl (C=O) groups is 1. The summed E-state index contributed by atoms with van der Waals surface area (Å²) in [4.78, 5) is 23.8. The molecular formula is C12H14N2O5. The molecule has 0 saturated carbocycles. The maximum Gasteiger partial charge on any atom is 0.328 e. The molecule has 1 heterocycles. The summed E-state index contributed by atoms with van der Waals surface area (Å²) in [7, 11) is 1.30. The minimum Gasteiger partial charge on any atom is -0.508 e. The number of anilines is 1. The highest BCUT2D eigenvalue weighted by Crippen LogP contribution is 2.36. The lowest BCUT2D eigenvalue weighted by molar-refractivity contribution is -0.384. The molecule has 1 fully saturated rings. The number of esters is 1. The summed E-state index contributed by atoms with van der Waals surface area (Å²) in [5.41, 5.74) is 0.117. The molecule has 0 aromatic heterocycles. The molecule has 1 N–H and O–H groups in total. The second-order valence-electron chi connectivity index (χ2n) is 4.30. The van der Waals surface area contributed by atoms with Gasteiger partial charge < -0.3 is 14.7 Å². The molecule has 0 amide bonds. The zero-order chi connectivity index (χ0) is 14.0. The number of phenols is 1. The van der Waals surface area contributed by atoms with Crippen LogP contribution in [-0.2, 0) is 9.53 Å². The van der Waals surface area contributed by atoms with Crippen LogP contribution in [0.2, 0.25) is 0 Å². The predicted octanol–water partition coefficient (Wildman–Crippen LogP) is 1.44. The Bertz CT molecular complexity index is 517. The SMILES string of the molecule is COC(=O)C1CCCN1c1ccc(O)cc1[N+](=O)[O-]. The van der Waals surface area contributed by atoms with Crippen LogP contribution < -0.4 is 4.90 Å². The molecule has 1 saturated heterocycles. The highest BCUT2D eigenvalue weighted by molar-refractivity contribution is 5.82. The number of ether oxygens (including phenoxy) is 1. The molecule has 0 aliphatic carbocycles. The van der Waals surface area contributed by atoms with E-state index in [1.165, 1.54) is 19.2 Å². The van der Waals surface area contributed by atoms with E-state index >= 15 is 0 Å². The molecule has 102 valence electrons. The average molecular weight is 266 g/mol. The molecule has 1 unspecified atom stereocenters. The Morgan fingerprint density at radius 1 is 1.58 bits per heavy atom. The van der Waals surface area contributed by atoms with Gasteiger partial charge in [-0.2, -0.15) is 0 Å². The van der Waals surface area contributed by atoms with Gasteiger partial charge in [0.25, 0.3) is 5.69 Å². The van der Waals surface area contributed by atoms with Crippen molar-refractivity contribution in [2.24, 2.45) is 0 Å². The minimum atomic E-state index is -0.568. The zero-order valence-electron chi connectivity index (χ0n) is 10.4. The summed E-state index contributed by atoms with van der Waals surface area (Å²) in [6.07, 6.45) is 1.36. The van der Waals surface area contributed by atoms with E-state index < -0.39 is 16.9 Å². The molecule has 19 heavy (non-hydrogen) atoms. The predicted molar refractivity (Wildman–Crippen MR) is 67.1 cm³/mol. The maximum atomic E-state index is 11.7. The van der Waals surface area contributed by atoms with Gasteiger partial charge in [0.15, 0.2) is 0 Å². The van der Waals surface area contributed by atoms with E-state index in [1.807, 2.05) is 0 Å². The molecule has 1 atom stereocenters. The number of benzene rings is 1. The molecule has 1 aliphatic rings. The molecular weight excluding hydrogens is 252 g/mol. The lowest BCUT2D eigenvalue weighted by Crippen LogP contribution is -2.37. The number of hydrogen-bond acceptors (Lipinski definition) is 6. The van der Waals surface area contributed by atoms with E-state index in [0.717, 1.165) is 12.5 Å². The van der Waals surface area contributed by atoms with Gasteiger partial charge in [0.2, 0.25) is 0 Å². The van der Waals surface area contributed by atoms with Gasteiger partial charge in [0, 0.05) is 6.54 Å². The van der Waals surface area contributed by atoms with Gasteiger partial charge >= 0.3 is 5.97 Å². The number of hydrogen-bond donors (Lipinski definition) is 1. The van der Waals surface area contributed by atoms with Gasteiger partial charge in [-0.05, 0) is 25.0 Å². The van der Waals surface area contributed by atoms with Crippen molar-refractivity contribution in [2.45, 2.75) is 18.9 Å². The monoisotopic (exact) mass is 266 g/mol. The molecule has 7 heteroatoms. The summed E-state index contributed by atoms with van der Waals surface area (Å²) < 4.78 is 4.71. The molecule has 1 aliphatic heterocycles. The third-order valence-electron chi connectivity index (χ3n) is 3.19. The van der Waals surface area contributed by atoms with Gasteiger partial charge in [-0.1, -0.05) is 0 Å². The number of methoxy groups -OCH3 is 1. The number of carbonyl (C=O) groups excluding carboxylic acids is 1. The highest BCUT2D eigenvalue weighted by Gasteiger charge is 2.35. The molecule has 1 aromatic rings. The molecule has 7 nitrogen and oxygen atoms in total. The average Bonchev–Trinajstić information content (AvgIpc) is 2.86. The van der Waals surface area contributed by atoms with Crippen LogP contribution in [-0.4, -0.2) is 35.7 Å². The first-order chi connectivity index (χ1) is 9.04. The summed E-state index contributed by atoms with van der Waals surface area (Å²) in [6, 6.07) is 3.40. The van der Waals surface area contributed by atoms with E-state index in [2.05, 4.69) is 0 Å². The number of phenolic OH excluding ortho intramolecular Hbond substituents is 1. The topological polar surface area (TPSA) is 92.9 Å². The third kappa shape index (κ3) is 2.44. The summed E-state index contributed by atoms with van der Waals surface area (Å²) >= 11 is 0. The van der Waals surface area contributed by atoms with Gasteiger partial charge in [-0.25, -0.2) is 4.79 Å². The molecule has 2 rings (SSSR count). The first kappa shape index (κ1) is 13.1. The smallest absolute Gasteiger partial charge is 0.328 e. The van der Waals surface area contributed by atoms with Crippen LogP contribution >= 0.6 is 0 Å². The number of nitrogens with zero attached hydrogens (tertiary/aromatic N) is 2. The van der Waals surface area contributed by atoms with E-state index in [4.69, 9.17) is 4.74 Å². The second kappa shape index (κ2) is 5.13. The quantitative estimate of drug-likeness (QED) is 0.505. The van der Waals surface area contributed by atoms with E-state index in [1.54, 1.807) is 4.90 Å². The Balaban J connectivity index is 2.40. The lowest BCUT2D eigenvalue weighted by Gasteiger charge is -2.24. The molecule has 0 spiro atoms. The van der Waals surface area contributed by atoms with E-state index in [0.29, 0.717) is 18.7 Å². The first-order valence-electron chi connectivity index (χ1n) is 5.86. The third-order valence-corrected chi connectivity index (χ3v) is 3.19. The second-order valence-corrected chi connectivity index (χ2v) is 4.30. The van der Waals surface area contributed by atoms with Crippen LogP contribution in [0.5, 0.6) is 5.75 Å². The van der Waals surface area contributed by atoms with Crippen LogP contribution in [0.15, 0.2) is 18.2 Å². The molecule has 0 bridgehead atoms. The largest absolute Gasteiger partial charge is 0.508 e. The van der Waals surface area contributed by atoms with Crippen molar-refractivity contribution in [1.82, 2.24) is 0 Å². The number of aromatic hydroxyl groups is 1. The Hall–Kier alpha value is -2.31. The van der Waals surface area contributed by atoms with Crippen LogP contribution in [0.25, 0.3) is 0 Å². The first-order valence-corrected chi connectivity index (χ1v) is 5.86. The van der Waals surface area contributed by atoms with E-state index in [-0.39, 0.29) is 11.4 Å². The van der Waals surface area contributed by atoms with Crippen molar-refractivity contribution in [1.29, 1.82) is 0 Å². The van der Waals surface area contributed by atoms with E-state index in [9.17, 15) is 20.0 Å².